The van der Waals surface area contributed by atoms with E-state index < -0.39 is 0 Å². The molecule has 1 N–H and O–H groups in total. The van der Waals surface area contributed by atoms with E-state index in [4.69, 9.17) is 5.10 Å². The lowest BCUT2D eigenvalue weighted by Crippen LogP contribution is -2.21. The third kappa shape index (κ3) is 4.04. The van der Waals surface area contributed by atoms with Gasteiger partial charge in [-0.3, -0.25) is 9.20 Å². The minimum Gasteiger partial charge on any atom is -0.345 e. The van der Waals surface area contributed by atoms with Crippen molar-refractivity contribution in [2.24, 2.45) is 0 Å². The van der Waals surface area contributed by atoms with Gasteiger partial charge >= 0.3 is 0 Å². The number of benzene rings is 2. The van der Waals surface area contributed by atoms with Crippen LogP contribution in [-0.4, -0.2) is 30.3 Å². The van der Waals surface area contributed by atoms with E-state index in [-0.39, 0.29) is 12.5 Å². The van der Waals surface area contributed by atoms with Crippen molar-refractivity contribution < 1.29 is 4.79 Å². The summed E-state index contributed by atoms with van der Waals surface area (Å²) in [6, 6.07) is 25.5. The van der Waals surface area contributed by atoms with E-state index in [1.165, 1.54) is 6.08 Å². The number of hydrogen-bond donors (Lipinski definition) is 1. The van der Waals surface area contributed by atoms with Crippen LogP contribution in [0.4, 0.5) is 0 Å². The molecule has 0 spiro atoms. The van der Waals surface area contributed by atoms with Crippen molar-refractivity contribution in [3.05, 3.63) is 109 Å². The Morgan fingerprint density at radius 1 is 0.906 bits per heavy atom. The Morgan fingerprint density at radius 3 is 2.47 bits per heavy atom. The Hall–Kier alpha value is -4.52. The summed E-state index contributed by atoms with van der Waals surface area (Å²) < 4.78 is 3.67. The minimum absolute atomic E-state index is 0.218. The number of amides is 1. The summed E-state index contributed by atoms with van der Waals surface area (Å²) in [5, 5.41) is 15.9. The topological polar surface area (TPSA) is 77.1 Å². The fourth-order valence-corrected chi connectivity index (χ4v) is 3.44. The molecule has 0 radical (unpaired) electrons. The van der Waals surface area contributed by atoms with Gasteiger partial charge in [0.1, 0.15) is 0 Å². The number of hydrogen-bond acceptors (Lipinski definition) is 4. The summed E-state index contributed by atoms with van der Waals surface area (Å²) in [7, 11) is 0. The van der Waals surface area contributed by atoms with E-state index in [1.54, 1.807) is 6.08 Å². The van der Waals surface area contributed by atoms with Gasteiger partial charge in [0.05, 0.1) is 17.9 Å². The normalized spacial score (nSPS) is 11.2. The average Bonchev–Trinajstić information content (AvgIpc) is 3.47. The van der Waals surface area contributed by atoms with Crippen molar-refractivity contribution in [1.29, 1.82) is 0 Å². The molecule has 7 heteroatoms. The number of fused-ring (bicyclic) bond motifs is 1. The molecule has 0 saturated carbocycles. The van der Waals surface area contributed by atoms with Crippen LogP contribution in [0, 0.1) is 0 Å². The molecule has 0 aliphatic heterocycles. The molecule has 3 aromatic heterocycles. The number of nitrogens with zero attached hydrogens (tertiary/aromatic N) is 5. The van der Waals surface area contributed by atoms with Crippen molar-refractivity contribution in [3.8, 4) is 16.9 Å². The first kappa shape index (κ1) is 19.4. The van der Waals surface area contributed by atoms with Gasteiger partial charge in [0.25, 0.3) is 0 Å². The van der Waals surface area contributed by atoms with Gasteiger partial charge < -0.3 is 5.32 Å². The minimum atomic E-state index is -0.218. The van der Waals surface area contributed by atoms with Crippen LogP contribution in [0.3, 0.4) is 0 Å². The van der Waals surface area contributed by atoms with Gasteiger partial charge in [-0.15, -0.1) is 10.2 Å². The summed E-state index contributed by atoms with van der Waals surface area (Å²) in [6.45, 7) is 0.281. The van der Waals surface area contributed by atoms with Crippen molar-refractivity contribution in [2.75, 3.05) is 0 Å². The number of rotatable bonds is 6. The lowest BCUT2D eigenvalue weighted by atomic mass is 10.1. The second-order valence-corrected chi connectivity index (χ2v) is 7.18. The predicted molar refractivity (Wildman–Crippen MR) is 123 cm³/mol. The Labute approximate surface area is 184 Å². The van der Waals surface area contributed by atoms with Gasteiger partial charge in [0, 0.05) is 29.6 Å². The Bertz CT molecular complexity index is 1390. The van der Waals surface area contributed by atoms with E-state index >= 15 is 0 Å². The molecule has 0 atom stereocenters. The van der Waals surface area contributed by atoms with E-state index in [0.29, 0.717) is 5.82 Å². The molecular weight excluding hydrogens is 400 g/mol. The van der Waals surface area contributed by atoms with Gasteiger partial charge in [-0.25, -0.2) is 4.68 Å². The molecule has 156 valence electrons. The fraction of sp³-hybridized carbons (Fsp3) is 0.0400. The molecule has 0 unspecified atom stereocenters. The zero-order chi connectivity index (χ0) is 21.8. The average molecular weight is 420 g/mol. The molecule has 5 aromatic rings. The van der Waals surface area contributed by atoms with Crippen LogP contribution >= 0.6 is 0 Å². The maximum atomic E-state index is 12.5. The second-order valence-electron chi connectivity index (χ2n) is 7.18. The van der Waals surface area contributed by atoms with Crippen LogP contribution in [-0.2, 0) is 11.3 Å². The van der Waals surface area contributed by atoms with E-state index in [0.717, 1.165) is 28.2 Å². The Morgan fingerprint density at radius 2 is 1.66 bits per heavy atom. The summed E-state index contributed by atoms with van der Waals surface area (Å²) in [5.41, 5.74) is 4.34. The molecule has 0 bridgehead atoms. The lowest BCUT2D eigenvalue weighted by molar-refractivity contribution is -0.116. The smallest absolute Gasteiger partial charge is 0.244 e. The highest BCUT2D eigenvalue weighted by atomic mass is 16.1. The van der Waals surface area contributed by atoms with Gasteiger partial charge in [0.2, 0.25) is 5.91 Å². The zero-order valence-electron chi connectivity index (χ0n) is 17.2. The number of para-hydroxylation sites is 1. The number of carbonyl (C=O) groups is 1. The standard InChI is InChI=1S/C25H20N6O/c32-24(26-17-23-28-27-22-13-7-8-16-30(22)23)15-14-20-18-31(21-11-5-2-6-12-21)29-25(20)19-9-3-1-4-10-19/h1-16,18H,17H2,(H,26,32)/b15-14+. The molecule has 7 nitrogen and oxygen atoms in total. The van der Waals surface area contributed by atoms with Crippen LogP contribution in [0.5, 0.6) is 0 Å². The van der Waals surface area contributed by atoms with Gasteiger partial charge in [0.15, 0.2) is 11.5 Å². The molecule has 3 heterocycles. The van der Waals surface area contributed by atoms with Crippen molar-refractivity contribution in [1.82, 2.24) is 29.7 Å². The first-order valence-corrected chi connectivity index (χ1v) is 10.2. The molecule has 5 rings (SSSR count). The van der Waals surface area contributed by atoms with E-state index in [9.17, 15) is 4.79 Å². The van der Waals surface area contributed by atoms with Gasteiger partial charge in [-0.2, -0.15) is 5.10 Å². The summed E-state index contributed by atoms with van der Waals surface area (Å²) in [4.78, 5) is 12.5. The Balaban J connectivity index is 1.37. The first-order chi connectivity index (χ1) is 15.8. The molecule has 0 aliphatic carbocycles. The lowest BCUT2D eigenvalue weighted by Gasteiger charge is -2.01. The highest BCUT2D eigenvalue weighted by Gasteiger charge is 2.11. The molecule has 0 fully saturated rings. The summed E-state index contributed by atoms with van der Waals surface area (Å²) >= 11 is 0. The van der Waals surface area contributed by atoms with Crippen molar-refractivity contribution in [2.45, 2.75) is 6.54 Å². The number of carbonyl (C=O) groups excluding carboxylic acids is 1. The molecule has 32 heavy (non-hydrogen) atoms. The molecular formula is C25H20N6O. The first-order valence-electron chi connectivity index (χ1n) is 10.2. The number of aromatic nitrogens is 5. The maximum absolute atomic E-state index is 12.5. The predicted octanol–water partition coefficient (Wildman–Crippen LogP) is 3.91. The quantitative estimate of drug-likeness (QED) is 0.423. The SMILES string of the molecule is O=C(/C=C/c1cn(-c2ccccc2)nc1-c1ccccc1)NCc1nnc2ccccn12. The molecule has 2 aromatic carbocycles. The van der Waals surface area contributed by atoms with Crippen LogP contribution in [0.1, 0.15) is 11.4 Å². The monoisotopic (exact) mass is 420 g/mol. The molecule has 0 aliphatic rings. The maximum Gasteiger partial charge on any atom is 0.244 e. The summed E-state index contributed by atoms with van der Waals surface area (Å²) in [5.74, 6) is 0.452. The van der Waals surface area contributed by atoms with Crippen molar-refractivity contribution in [3.63, 3.8) is 0 Å². The van der Waals surface area contributed by atoms with E-state index in [2.05, 4.69) is 15.5 Å². The number of pyridine rings is 1. The molecule has 1 amide bonds. The van der Waals surface area contributed by atoms with Crippen LogP contribution in [0.25, 0.3) is 28.7 Å². The molecule has 0 saturated heterocycles. The highest BCUT2D eigenvalue weighted by molar-refractivity contribution is 5.92. The van der Waals surface area contributed by atoms with Crippen molar-refractivity contribution >= 4 is 17.6 Å². The fourth-order valence-electron chi connectivity index (χ4n) is 3.44. The van der Waals surface area contributed by atoms with E-state index in [1.807, 2.05) is 100 Å². The van der Waals surface area contributed by atoms with Crippen LogP contribution in [0.15, 0.2) is 97.3 Å². The largest absolute Gasteiger partial charge is 0.345 e. The van der Waals surface area contributed by atoms with Crippen LogP contribution < -0.4 is 5.32 Å². The summed E-state index contributed by atoms with van der Waals surface area (Å²) in [6.07, 6.45) is 7.10. The Kier molecular flexibility index (Phi) is 5.28. The third-order valence-electron chi connectivity index (χ3n) is 5.03. The zero-order valence-corrected chi connectivity index (χ0v) is 17.2. The second kappa shape index (κ2) is 8.69. The highest BCUT2D eigenvalue weighted by Crippen LogP contribution is 2.24. The van der Waals surface area contributed by atoms with Gasteiger partial charge in [-0.05, 0) is 30.3 Å². The third-order valence-corrected chi connectivity index (χ3v) is 5.03. The van der Waals surface area contributed by atoms with Crippen LogP contribution in [0.2, 0.25) is 0 Å². The number of nitrogens with one attached hydrogen (secondary N) is 1. The van der Waals surface area contributed by atoms with Gasteiger partial charge in [-0.1, -0.05) is 54.6 Å².